The van der Waals surface area contributed by atoms with Crippen molar-refractivity contribution in [3.8, 4) is 5.75 Å². The van der Waals surface area contributed by atoms with Gasteiger partial charge in [-0.1, -0.05) is 12.1 Å². The number of phenols is 1. The second-order valence-electron chi connectivity index (χ2n) is 6.26. The van der Waals surface area contributed by atoms with E-state index in [-0.39, 0.29) is 11.3 Å². The van der Waals surface area contributed by atoms with Crippen LogP contribution in [-0.4, -0.2) is 36.1 Å². The van der Waals surface area contributed by atoms with E-state index in [9.17, 15) is 9.90 Å². The Kier molecular flexibility index (Phi) is 3.21. The van der Waals surface area contributed by atoms with Gasteiger partial charge >= 0.3 is 0 Å². The molecule has 1 aliphatic carbocycles. The predicted molar refractivity (Wildman–Crippen MR) is 77.5 cm³/mol. The number of nitrogens with one attached hydrogen (secondary N) is 1. The van der Waals surface area contributed by atoms with Crippen molar-refractivity contribution < 1.29 is 9.90 Å². The quantitative estimate of drug-likeness (QED) is 0.865. The van der Waals surface area contributed by atoms with Gasteiger partial charge in [-0.15, -0.1) is 0 Å². The maximum atomic E-state index is 12.0. The van der Waals surface area contributed by atoms with Crippen LogP contribution in [0.15, 0.2) is 18.2 Å². The Bertz CT molecular complexity index is 543. The molecular formula is C16H22N2O2. The number of rotatable bonds is 2. The highest BCUT2D eigenvalue weighted by Gasteiger charge is 2.43. The minimum atomic E-state index is -0.283. The fourth-order valence-electron chi connectivity index (χ4n) is 3.74. The summed E-state index contributed by atoms with van der Waals surface area (Å²) < 4.78 is 0. The first kappa shape index (κ1) is 13.4. The number of phenolic OH excluding ortho intramolecular Hbond substituents is 1. The molecule has 2 unspecified atom stereocenters. The zero-order chi connectivity index (χ0) is 14.3. The van der Waals surface area contributed by atoms with Crippen molar-refractivity contribution in [1.82, 2.24) is 10.2 Å². The lowest BCUT2D eigenvalue weighted by Crippen LogP contribution is -2.39. The van der Waals surface area contributed by atoms with Gasteiger partial charge in [-0.25, -0.2) is 0 Å². The summed E-state index contributed by atoms with van der Waals surface area (Å²) in [4.78, 5) is 14.4. The highest BCUT2D eigenvalue weighted by Crippen LogP contribution is 2.43. The van der Waals surface area contributed by atoms with E-state index in [2.05, 4.69) is 16.3 Å². The molecule has 0 radical (unpaired) electrons. The minimum absolute atomic E-state index is 0.133. The van der Waals surface area contributed by atoms with Gasteiger partial charge in [-0.05, 0) is 49.9 Å². The molecule has 0 aromatic heterocycles. The third-order valence-electron chi connectivity index (χ3n) is 4.93. The van der Waals surface area contributed by atoms with Crippen molar-refractivity contribution in [3.63, 3.8) is 0 Å². The van der Waals surface area contributed by atoms with Crippen LogP contribution in [0.3, 0.4) is 0 Å². The van der Waals surface area contributed by atoms with Crippen LogP contribution in [-0.2, 0) is 11.2 Å². The molecule has 1 amide bonds. The number of carbonyl (C=O) groups is 1. The highest BCUT2D eigenvalue weighted by atomic mass is 16.3. The topological polar surface area (TPSA) is 52.6 Å². The van der Waals surface area contributed by atoms with E-state index in [0.29, 0.717) is 11.8 Å². The van der Waals surface area contributed by atoms with Crippen molar-refractivity contribution in [1.29, 1.82) is 0 Å². The fourth-order valence-corrected chi connectivity index (χ4v) is 3.74. The Morgan fingerprint density at radius 1 is 1.50 bits per heavy atom. The van der Waals surface area contributed by atoms with E-state index >= 15 is 0 Å². The van der Waals surface area contributed by atoms with Crippen molar-refractivity contribution in [2.45, 2.75) is 32.2 Å². The fraction of sp³-hybridized carbons (Fsp3) is 0.562. The van der Waals surface area contributed by atoms with Crippen LogP contribution in [0.25, 0.3) is 0 Å². The first-order valence-corrected chi connectivity index (χ1v) is 7.32. The molecule has 108 valence electrons. The molecule has 0 saturated carbocycles. The number of fused-ring (bicyclic) bond motifs is 1. The second-order valence-corrected chi connectivity index (χ2v) is 6.26. The van der Waals surface area contributed by atoms with Crippen LogP contribution >= 0.6 is 0 Å². The molecule has 1 aliphatic heterocycles. The Morgan fingerprint density at radius 2 is 2.30 bits per heavy atom. The van der Waals surface area contributed by atoms with E-state index in [1.807, 2.05) is 13.0 Å². The lowest BCUT2D eigenvalue weighted by molar-refractivity contribution is -0.129. The van der Waals surface area contributed by atoms with Gasteiger partial charge in [0.25, 0.3) is 0 Å². The number of carbonyl (C=O) groups excluding carboxylic acids is 1. The standard InChI is InChI=1S/C16H22N2O2/c1-16(15(20)17-2)8-9-18(10-16)13-7-6-12-11(13)4-3-5-14(12)19/h3-5,13,19H,6-10H2,1-2H3,(H,17,20). The molecule has 3 rings (SSSR count). The largest absolute Gasteiger partial charge is 0.508 e. The van der Waals surface area contributed by atoms with Crippen molar-refractivity contribution in [3.05, 3.63) is 29.3 Å². The average Bonchev–Trinajstić information content (AvgIpc) is 3.03. The molecule has 1 aromatic rings. The van der Waals surface area contributed by atoms with Gasteiger partial charge in [0.15, 0.2) is 0 Å². The zero-order valence-electron chi connectivity index (χ0n) is 12.1. The molecule has 1 fully saturated rings. The van der Waals surface area contributed by atoms with Gasteiger partial charge in [0, 0.05) is 19.6 Å². The van der Waals surface area contributed by atoms with Crippen LogP contribution in [0, 0.1) is 5.41 Å². The molecule has 4 heteroatoms. The monoisotopic (exact) mass is 274 g/mol. The molecule has 2 aliphatic rings. The Morgan fingerprint density at radius 3 is 3.05 bits per heavy atom. The lowest BCUT2D eigenvalue weighted by atomic mass is 9.89. The lowest BCUT2D eigenvalue weighted by Gasteiger charge is -2.27. The molecular weight excluding hydrogens is 252 g/mol. The Labute approximate surface area is 119 Å². The number of benzene rings is 1. The van der Waals surface area contributed by atoms with Crippen LogP contribution < -0.4 is 5.32 Å². The predicted octanol–water partition coefficient (Wildman–Crippen LogP) is 1.84. The molecule has 0 bridgehead atoms. The number of nitrogens with zero attached hydrogens (tertiary/aromatic N) is 1. The molecule has 1 saturated heterocycles. The average molecular weight is 274 g/mol. The summed E-state index contributed by atoms with van der Waals surface area (Å²) in [5.74, 6) is 0.549. The molecule has 1 aromatic carbocycles. The van der Waals surface area contributed by atoms with E-state index < -0.39 is 0 Å². The van der Waals surface area contributed by atoms with Gasteiger partial charge in [0.1, 0.15) is 5.75 Å². The summed E-state index contributed by atoms with van der Waals surface area (Å²) in [6, 6.07) is 6.14. The van der Waals surface area contributed by atoms with Crippen molar-refractivity contribution in [2.24, 2.45) is 5.41 Å². The highest BCUT2D eigenvalue weighted by molar-refractivity contribution is 5.82. The number of aromatic hydroxyl groups is 1. The minimum Gasteiger partial charge on any atom is -0.508 e. The van der Waals surface area contributed by atoms with Crippen LogP contribution in [0.5, 0.6) is 5.75 Å². The molecule has 20 heavy (non-hydrogen) atoms. The van der Waals surface area contributed by atoms with Gasteiger partial charge < -0.3 is 10.4 Å². The first-order chi connectivity index (χ1) is 9.55. The maximum absolute atomic E-state index is 12.0. The van der Waals surface area contributed by atoms with Crippen LogP contribution in [0.2, 0.25) is 0 Å². The molecule has 2 N–H and O–H groups in total. The first-order valence-electron chi connectivity index (χ1n) is 7.32. The summed E-state index contributed by atoms with van der Waals surface area (Å²) >= 11 is 0. The molecule has 2 atom stereocenters. The third kappa shape index (κ3) is 1.99. The van der Waals surface area contributed by atoms with Gasteiger partial charge in [-0.2, -0.15) is 0 Å². The van der Waals surface area contributed by atoms with Crippen LogP contribution in [0.4, 0.5) is 0 Å². The summed E-state index contributed by atoms with van der Waals surface area (Å²) in [5.41, 5.74) is 2.05. The van der Waals surface area contributed by atoms with Gasteiger partial charge in [0.05, 0.1) is 5.41 Å². The Balaban J connectivity index is 1.81. The van der Waals surface area contributed by atoms with Crippen LogP contribution in [0.1, 0.15) is 36.9 Å². The van der Waals surface area contributed by atoms with Crippen molar-refractivity contribution >= 4 is 5.91 Å². The summed E-state index contributed by atoms with van der Waals surface area (Å²) in [6.45, 7) is 3.79. The normalized spacial score (nSPS) is 29.4. The van der Waals surface area contributed by atoms with E-state index in [4.69, 9.17) is 0 Å². The molecule has 4 nitrogen and oxygen atoms in total. The van der Waals surface area contributed by atoms with E-state index in [0.717, 1.165) is 37.9 Å². The number of hydrogen-bond donors (Lipinski definition) is 2. The second kappa shape index (κ2) is 4.77. The number of likely N-dealkylation sites (tertiary alicyclic amines) is 1. The van der Waals surface area contributed by atoms with Gasteiger partial charge in [-0.3, -0.25) is 9.69 Å². The SMILES string of the molecule is CNC(=O)C1(C)CCN(C2CCc3c(O)cccc32)C1. The zero-order valence-corrected chi connectivity index (χ0v) is 12.1. The van der Waals surface area contributed by atoms with E-state index in [1.165, 1.54) is 5.56 Å². The van der Waals surface area contributed by atoms with Gasteiger partial charge in [0.2, 0.25) is 5.91 Å². The molecule has 0 spiro atoms. The van der Waals surface area contributed by atoms with Crippen molar-refractivity contribution in [2.75, 3.05) is 20.1 Å². The maximum Gasteiger partial charge on any atom is 0.227 e. The smallest absolute Gasteiger partial charge is 0.227 e. The number of amides is 1. The summed E-state index contributed by atoms with van der Waals surface area (Å²) in [6.07, 6.45) is 2.87. The summed E-state index contributed by atoms with van der Waals surface area (Å²) in [5, 5.41) is 12.7. The third-order valence-corrected chi connectivity index (χ3v) is 4.93. The number of hydrogen-bond acceptors (Lipinski definition) is 3. The Hall–Kier alpha value is -1.55. The summed E-state index contributed by atoms with van der Waals surface area (Å²) in [7, 11) is 1.71. The van der Waals surface area contributed by atoms with E-state index in [1.54, 1.807) is 13.1 Å². The molecule has 1 heterocycles.